The summed E-state index contributed by atoms with van der Waals surface area (Å²) in [5.41, 5.74) is 2.21. The van der Waals surface area contributed by atoms with E-state index in [2.05, 4.69) is 20.6 Å². The van der Waals surface area contributed by atoms with Crippen LogP contribution in [-0.4, -0.2) is 26.5 Å². The lowest BCUT2D eigenvalue weighted by molar-refractivity contribution is 0.627. The predicted octanol–water partition coefficient (Wildman–Crippen LogP) is 2.66. The van der Waals surface area contributed by atoms with Crippen LogP contribution in [0.3, 0.4) is 0 Å². The second-order valence-electron chi connectivity index (χ2n) is 5.00. The predicted molar refractivity (Wildman–Crippen MR) is 84.5 cm³/mol. The lowest BCUT2D eigenvalue weighted by Crippen LogP contribution is -2.03. The van der Waals surface area contributed by atoms with Crippen molar-refractivity contribution in [1.29, 1.82) is 0 Å². The van der Waals surface area contributed by atoms with Crippen molar-refractivity contribution in [3.63, 3.8) is 0 Å². The Kier molecular flexibility index (Phi) is 4.43. The van der Waals surface area contributed by atoms with Gasteiger partial charge in [-0.25, -0.2) is 4.39 Å². The van der Waals surface area contributed by atoms with Gasteiger partial charge in [0.2, 0.25) is 5.13 Å². The summed E-state index contributed by atoms with van der Waals surface area (Å²) in [6.45, 7) is 0.789. The number of anilines is 1. The summed E-state index contributed by atoms with van der Waals surface area (Å²) in [7, 11) is 1.91. The number of halogens is 1. The summed E-state index contributed by atoms with van der Waals surface area (Å²) in [5, 5.41) is 17.4. The summed E-state index contributed by atoms with van der Waals surface area (Å²) in [6.07, 6.45) is 5.42. The van der Waals surface area contributed by atoms with E-state index >= 15 is 0 Å². The highest BCUT2D eigenvalue weighted by Crippen LogP contribution is 2.18. The van der Waals surface area contributed by atoms with Gasteiger partial charge in [0, 0.05) is 26.2 Å². The van der Waals surface area contributed by atoms with Gasteiger partial charge in [-0.05, 0) is 29.7 Å². The lowest BCUT2D eigenvalue weighted by Gasteiger charge is -1.99. The minimum Gasteiger partial charge on any atom is -0.360 e. The third kappa shape index (κ3) is 3.88. The molecule has 0 saturated heterocycles. The van der Waals surface area contributed by atoms with E-state index in [4.69, 9.17) is 0 Å². The number of benzene rings is 1. The summed E-state index contributed by atoms with van der Waals surface area (Å²) in [5.74, 6) is -0.223. The highest BCUT2D eigenvalue weighted by atomic mass is 32.1. The zero-order chi connectivity index (χ0) is 15.4. The number of aromatic nitrogens is 4. The second-order valence-corrected chi connectivity index (χ2v) is 6.07. The molecule has 0 unspecified atom stereocenters. The van der Waals surface area contributed by atoms with E-state index in [9.17, 15) is 4.39 Å². The van der Waals surface area contributed by atoms with E-state index in [1.165, 1.54) is 29.0 Å². The van der Waals surface area contributed by atoms with E-state index in [1.807, 2.05) is 19.4 Å². The van der Waals surface area contributed by atoms with Crippen LogP contribution in [0.2, 0.25) is 0 Å². The van der Waals surface area contributed by atoms with Crippen LogP contribution in [0.1, 0.15) is 16.1 Å². The number of rotatable bonds is 6. The van der Waals surface area contributed by atoms with Gasteiger partial charge >= 0.3 is 0 Å². The highest BCUT2D eigenvalue weighted by molar-refractivity contribution is 7.15. The van der Waals surface area contributed by atoms with Crippen molar-refractivity contribution in [2.45, 2.75) is 12.8 Å². The van der Waals surface area contributed by atoms with Crippen molar-refractivity contribution in [3.05, 3.63) is 58.6 Å². The first-order chi connectivity index (χ1) is 10.7. The van der Waals surface area contributed by atoms with Crippen LogP contribution < -0.4 is 5.32 Å². The van der Waals surface area contributed by atoms with Gasteiger partial charge in [-0.3, -0.25) is 4.68 Å². The third-order valence-electron chi connectivity index (χ3n) is 3.18. The zero-order valence-corrected chi connectivity index (χ0v) is 13.0. The van der Waals surface area contributed by atoms with Gasteiger partial charge in [-0.15, -0.1) is 10.2 Å². The average molecular weight is 317 g/mol. The van der Waals surface area contributed by atoms with Gasteiger partial charge < -0.3 is 5.32 Å². The summed E-state index contributed by atoms with van der Waals surface area (Å²) in [6, 6.07) is 6.46. The van der Waals surface area contributed by atoms with E-state index in [0.717, 1.165) is 28.7 Å². The standard InChI is InChI=1S/C15H16FN5S/c1-21-10-12(9-18-21)6-7-17-15-20-19-14(22-15)8-11-2-4-13(16)5-3-11/h2-5,9-10H,6-8H2,1H3,(H,17,20). The smallest absolute Gasteiger partial charge is 0.205 e. The Morgan fingerprint density at radius 1 is 1.18 bits per heavy atom. The molecule has 1 aromatic carbocycles. The number of hydrogen-bond donors (Lipinski definition) is 1. The molecule has 2 aromatic heterocycles. The monoisotopic (exact) mass is 317 g/mol. The van der Waals surface area contributed by atoms with Gasteiger partial charge in [0.1, 0.15) is 10.8 Å². The van der Waals surface area contributed by atoms with Crippen molar-refractivity contribution in [3.8, 4) is 0 Å². The minimum atomic E-state index is -0.223. The van der Waals surface area contributed by atoms with Crippen LogP contribution in [0.25, 0.3) is 0 Å². The summed E-state index contributed by atoms with van der Waals surface area (Å²) < 4.78 is 14.7. The molecule has 114 valence electrons. The Labute approximate surface area is 131 Å². The molecule has 0 saturated carbocycles. The van der Waals surface area contributed by atoms with Crippen molar-refractivity contribution in [1.82, 2.24) is 20.0 Å². The van der Waals surface area contributed by atoms with E-state index in [-0.39, 0.29) is 5.82 Å². The van der Waals surface area contributed by atoms with Crippen molar-refractivity contribution < 1.29 is 4.39 Å². The largest absolute Gasteiger partial charge is 0.360 e. The first-order valence-corrected chi connectivity index (χ1v) is 7.79. The third-order valence-corrected chi connectivity index (χ3v) is 4.06. The molecule has 1 N–H and O–H groups in total. The first-order valence-electron chi connectivity index (χ1n) is 6.97. The minimum absolute atomic E-state index is 0.223. The molecule has 0 spiro atoms. The second kappa shape index (κ2) is 6.65. The first kappa shape index (κ1) is 14.6. The van der Waals surface area contributed by atoms with E-state index < -0.39 is 0 Å². The maximum Gasteiger partial charge on any atom is 0.205 e. The van der Waals surface area contributed by atoms with Crippen molar-refractivity contribution in [2.75, 3.05) is 11.9 Å². The van der Waals surface area contributed by atoms with Crippen LogP contribution in [0.5, 0.6) is 0 Å². The van der Waals surface area contributed by atoms with Crippen LogP contribution >= 0.6 is 11.3 Å². The van der Waals surface area contributed by atoms with Gasteiger partial charge in [-0.1, -0.05) is 23.5 Å². The Balaban J connectivity index is 1.51. The van der Waals surface area contributed by atoms with Gasteiger partial charge in [0.05, 0.1) is 6.20 Å². The molecule has 0 amide bonds. The fourth-order valence-corrected chi connectivity index (χ4v) is 2.89. The SMILES string of the molecule is Cn1cc(CCNc2nnc(Cc3ccc(F)cc3)s2)cn1. The molecule has 3 rings (SSSR count). The molecular weight excluding hydrogens is 301 g/mol. The molecule has 7 heteroatoms. The van der Waals surface area contributed by atoms with Crippen LogP contribution in [0, 0.1) is 5.82 Å². The quantitative estimate of drug-likeness (QED) is 0.759. The molecule has 0 fully saturated rings. The number of aryl methyl sites for hydroxylation is 1. The fourth-order valence-electron chi connectivity index (χ4n) is 2.09. The van der Waals surface area contributed by atoms with Gasteiger partial charge in [0.25, 0.3) is 0 Å². The fraction of sp³-hybridized carbons (Fsp3) is 0.267. The molecule has 0 bridgehead atoms. The van der Waals surface area contributed by atoms with Crippen LogP contribution in [-0.2, 0) is 19.9 Å². The summed E-state index contributed by atoms with van der Waals surface area (Å²) >= 11 is 1.52. The molecule has 0 aliphatic rings. The van der Waals surface area contributed by atoms with Crippen LogP contribution in [0.15, 0.2) is 36.7 Å². The normalized spacial score (nSPS) is 10.8. The average Bonchev–Trinajstić information content (AvgIpc) is 3.11. The molecule has 0 aliphatic carbocycles. The molecule has 0 atom stereocenters. The molecule has 22 heavy (non-hydrogen) atoms. The zero-order valence-electron chi connectivity index (χ0n) is 12.2. The lowest BCUT2D eigenvalue weighted by atomic mass is 10.2. The molecule has 2 heterocycles. The molecule has 3 aromatic rings. The van der Waals surface area contributed by atoms with E-state index in [0.29, 0.717) is 6.42 Å². The molecule has 0 radical (unpaired) electrons. The Morgan fingerprint density at radius 2 is 2.00 bits per heavy atom. The number of hydrogen-bond acceptors (Lipinski definition) is 5. The maximum absolute atomic E-state index is 12.9. The molecule has 0 aliphatic heterocycles. The van der Waals surface area contributed by atoms with Gasteiger partial charge in [-0.2, -0.15) is 5.10 Å². The topological polar surface area (TPSA) is 55.6 Å². The molecular formula is C15H16FN5S. The summed E-state index contributed by atoms with van der Waals surface area (Å²) in [4.78, 5) is 0. The van der Waals surface area contributed by atoms with Crippen molar-refractivity contribution in [2.24, 2.45) is 7.05 Å². The Hall–Kier alpha value is -2.28. The van der Waals surface area contributed by atoms with Crippen molar-refractivity contribution >= 4 is 16.5 Å². The number of nitrogens with one attached hydrogen (secondary N) is 1. The maximum atomic E-state index is 12.9. The highest BCUT2D eigenvalue weighted by Gasteiger charge is 2.05. The Bertz CT molecular complexity index is 734. The number of nitrogens with zero attached hydrogens (tertiary/aromatic N) is 4. The Morgan fingerprint density at radius 3 is 2.73 bits per heavy atom. The van der Waals surface area contributed by atoms with E-state index in [1.54, 1.807) is 16.8 Å². The molecule has 5 nitrogen and oxygen atoms in total. The van der Waals surface area contributed by atoms with Gasteiger partial charge in [0.15, 0.2) is 0 Å². The van der Waals surface area contributed by atoms with Crippen LogP contribution in [0.4, 0.5) is 9.52 Å².